The van der Waals surface area contributed by atoms with Crippen LogP contribution in [0.2, 0.25) is 0 Å². The van der Waals surface area contributed by atoms with Gasteiger partial charge in [-0.3, -0.25) is 14.3 Å². The third kappa shape index (κ3) is 4.95. The van der Waals surface area contributed by atoms with Gasteiger partial charge in [-0.15, -0.1) is 0 Å². The predicted molar refractivity (Wildman–Crippen MR) is 121 cm³/mol. The molecule has 2 aromatic rings. The topological polar surface area (TPSA) is 94.2 Å². The minimum Gasteiger partial charge on any atom is -0.469 e. The van der Waals surface area contributed by atoms with Gasteiger partial charge in [-0.05, 0) is 43.7 Å². The molecule has 32 heavy (non-hydrogen) atoms. The molecule has 1 aromatic carbocycles. The molecule has 1 aromatic heterocycles. The lowest BCUT2D eigenvalue weighted by Crippen LogP contribution is -2.27. The van der Waals surface area contributed by atoms with Crippen molar-refractivity contribution in [2.45, 2.75) is 82.6 Å². The summed E-state index contributed by atoms with van der Waals surface area (Å²) in [6, 6.07) is 8.83. The van der Waals surface area contributed by atoms with Crippen LogP contribution in [0.5, 0.6) is 0 Å². The number of esters is 2. The molecular formula is C25H33N3O4. The molecule has 1 aliphatic rings. The van der Waals surface area contributed by atoms with E-state index in [4.69, 9.17) is 14.6 Å². The molecule has 1 heterocycles. The van der Waals surface area contributed by atoms with E-state index in [1.807, 2.05) is 18.2 Å². The van der Waals surface area contributed by atoms with E-state index in [-0.39, 0.29) is 37.6 Å². The lowest BCUT2D eigenvalue weighted by atomic mass is 9.74. The molecule has 0 amide bonds. The third-order valence-corrected chi connectivity index (χ3v) is 6.77. The summed E-state index contributed by atoms with van der Waals surface area (Å²) >= 11 is 0. The van der Waals surface area contributed by atoms with E-state index in [1.54, 1.807) is 0 Å². The Balaban J connectivity index is 2.07. The summed E-state index contributed by atoms with van der Waals surface area (Å²) in [5.41, 5.74) is 1.90. The van der Waals surface area contributed by atoms with Crippen molar-refractivity contribution in [3.63, 3.8) is 0 Å². The molecule has 1 fully saturated rings. The van der Waals surface area contributed by atoms with Crippen LogP contribution >= 0.6 is 0 Å². The Morgan fingerprint density at radius 2 is 1.75 bits per heavy atom. The average molecular weight is 440 g/mol. The second-order valence-electron chi connectivity index (χ2n) is 8.61. The summed E-state index contributed by atoms with van der Waals surface area (Å²) in [6.07, 6.45) is 7.48. The zero-order chi connectivity index (χ0) is 23.1. The van der Waals surface area contributed by atoms with Crippen LogP contribution in [0.25, 0.3) is 10.9 Å². The van der Waals surface area contributed by atoms with Crippen LogP contribution in [0.1, 0.15) is 82.0 Å². The number of hydrogen-bond donors (Lipinski definition) is 0. The van der Waals surface area contributed by atoms with E-state index in [0.29, 0.717) is 6.04 Å². The molecule has 0 aliphatic heterocycles. The van der Waals surface area contributed by atoms with Crippen LogP contribution in [-0.2, 0) is 30.9 Å². The zero-order valence-corrected chi connectivity index (χ0v) is 19.4. The lowest BCUT2D eigenvalue weighted by molar-refractivity contribution is -0.141. The fraction of sp³-hybridized carbons (Fsp3) is 0.600. The minimum atomic E-state index is -0.995. The van der Waals surface area contributed by atoms with Gasteiger partial charge in [-0.1, -0.05) is 38.3 Å². The second kappa shape index (κ2) is 10.6. The maximum absolute atomic E-state index is 11.9. The summed E-state index contributed by atoms with van der Waals surface area (Å²) < 4.78 is 11.8. The number of fused-ring (bicyclic) bond motifs is 1. The van der Waals surface area contributed by atoms with Crippen LogP contribution in [0.3, 0.4) is 0 Å². The van der Waals surface area contributed by atoms with Crippen molar-refractivity contribution in [1.82, 2.24) is 9.78 Å². The number of aromatic nitrogens is 2. The largest absolute Gasteiger partial charge is 0.469 e. The van der Waals surface area contributed by atoms with Gasteiger partial charge in [0.2, 0.25) is 0 Å². The Bertz CT molecular complexity index is 979. The van der Waals surface area contributed by atoms with E-state index >= 15 is 0 Å². The standard InChI is InChI=1S/C25H33N3O4/c1-4-21-20-11-10-18(16-22(20)28(27-21)19-8-6-5-7-9-19)25(17-26,14-12-23(29)31-2)15-13-24(30)32-3/h10-11,16,19H,4-9,12-15H2,1-3H3. The first kappa shape index (κ1) is 23.8. The van der Waals surface area contributed by atoms with Crippen molar-refractivity contribution >= 4 is 22.8 Å². The monoisotopic (exact) mass is 439 g/mol. The number of methoxy groups -OCH3 is 2. The Morgan fingerprint density at radius 3 is 2.28 bits per heavy atom. The summed E-state index contributed by atoms with van der Waals surface area (Å²) in [5.74, 6) is -0.742. The van der Waals surface area contributed by atoms with E-state index in [0.717, 1.165) is 41.4 Å². The van der Waals surface area contributed by atoms with Gasteiger partial charge >= 0.3 is 11.9 Å². The highest BCUT2D eigenvalue weighted by Gasteiger charge is 2.35. The van der Waals surface area contributed by atoms with Gasteiger partial charge in [0.1, 0.15) is 0 Å². The highest BCUT2D eigenvalue weighted by molar-refractivity contribution is 5.83. The van der Waals surface area contributed by atoms with Crippen molar-refractivity contribution in [1.29, 1.82) is 5.26 Å². The molecule has 0 unspecified atom stereocenters. The first-order valence-electron chi connectivity index (χ1n) is 11.5. The highest BCUT2D eigenvalue weighted by atomic mass is 16.5. The highest BCUT2D eigenvalue weighted by Crippen LogP contribution is 2.38. The van der Waals surface area contributed by atoms with E-state index in [2.05, 4.69) is 17.7 Å². The van der Waals surface area contributed by atoms with Gasteiger partial charge in [-0.25, -0.2) is 0 Å². The summed E-state index contributed by atoms with van der Waals surface area (Å²) in [5, 5.41) is 16.3. The van der Waals surface area contributed by atoms with Gasteiger partial charge in [0, 0.05) is 18.2 Å². The van der Waals surface area contributed by atoms with E-state index in [9.17, 15) is 14.9 Å². The van der Waals surface area contributed by atoms with Gasteiger partial charge in [0.15, 0.2) is 0 Å². The maximum atomic E-state index is 11.9. The number of nitriles is 1. The second-order valence-corrected chi connectivity index (χ2v) is 8.61. The molecular weight excluding hydrogens is 406 g/mol. The number of carbonyl (C=O) groups is 2. The van der Waals surface area contributed by atoms with Crippen LogP contribution in [0.4, 0.5) is 0 Å². The van der Waals surface area contributed by atoms with Crippen LogP contribution < -0.4 is 0 Å². The predicted octanol–water partition coefficient (Wildman–Crippen LogP) is 4.77. The number of rotatable bonds is 9. The number of aryl methyl sites for hydroxylation is 1. The first-order chi connectivity index (χ1) is 15.5. The zero-order valence-electron chi connectivity index (χ0n) is 19.4. The smallest absolute Gasteiger partial charge is 0.305 e. The molecule has 0 radical (unpaired) electrons. The quantitative estimate of drug-likeness (QED) is 0.522. The molecule has 0 bridgehead atoms. The number of ether oxygens (including phenoxy) is 2. The SMILES string of the molecule is CCc1nn(C2CCCCC2)c2cc(C(C#N)(CCC(=O)OC)CCC(=O)OC)ccc12. The fourth-order valence-electron chi connectivity index (χ4n) is 4.79. The minimum absolute atomic E-state index is 0.103. The molecule has 0 saturated heterocycles. The van der Waals surface area contributed by atoms with Crippen molar-refractivity contribution < 1.29 is 19.1 Å². The molecule has 3 rings (SSSR count). The van der Waals surface area contributed by atoms with Gasteiger partial charge in [-0.2, -0.15) is 10.4 Å². The van der Waals surface area contributed by atoms with E-state index < -0.39 is 5.41 Å². The normalized spacial score (nSPS) is 14.8. The lowest BCUT2D eigenvalue weighted by Gasteiger charge is -2.27. The average Bonchev–Trinajstić information content (AvgIpc) is 3.22. The summed E-state index contributed by atoms with van der Waals surface area (Å²) in [6.45, 7) is 2.10. The number of carbonyl (C=O) groups excluding carboxylic acids is 2. The molecule has 172 valence electrons. The van der Waals surface area contributed by atoms with Gasteiger partial charge in [0.05, 0.1) is 43.0 Å². The molecule has 0 atom stereocenters. The number of hydrogen-bond acceptors (Lipinski definition) is 6. The van der Waals surface area contributed by atoms with Crippen molar-refractivity contribution in [2.75, 3.05) is 14.2 Å². The molecule has 0 N–H and O–H groups in total. The van der Waals surface area contributed by atoms with Crippen molar-refractivity contribution in [3.05, 3.63) is 29.5 Å². The Hall–Kier alpha value is -2.88. The van der Waals surface area contributed by atoms with Crippen molar-refractivity contribution in [2.24, 2.45) is 0 Å². The van der Waals surface area contributed by atoms with Crippen LogP contribution in [0, 0.1) is 11.3 Å². The third-order valence-electron chi connectivity index (χ3n) is 6.77. The Morgan fingerprint density at radius 1 is 1.12 bits per heavy atom. The van der Waals surface area contributed by atoms with Gasteiger partial charge in [0.25, 0.3) is 0 Å². The van der Waals surface area contributed by atoms with Gasteiger partial charge < -0.3 is 9.47 Å². The first-order valence-corrected chi connectivity index (χ1v) is 11.5. The van der Waals surface area contributed by atoms with Crippen LogP contribution in [-0.4, -0.2) is 35.9 Å². The summed E-state index contributed by atoms with van der Waals surface area (Å²) in [4.78, 5) is 23.8. The number of benzene rings is 1. The molecule has 1 saturated carbocycles. The fourth-order valence-corrected chi connectivity index (χ4v) is 4.79. The Labute approximate surface area is 189 Å². The summed E-state index contributed by atoms with van der Waals surface area (Å²) in [7, 11) is 2.68. The molecule has 1 aliphatic carbocycles. The Kier molecular flexibility index (Phi) is 7.89. The van der Waals surface area contributed by atoms with E-state index in [1.165, 1.54) is 33.5 Å². The molecule has 7 nitrogen and oxygen atoms in total. The van der Waals surface area contributed by atoms with Crippen molar-refractivity contribution in [3.8, 4) is 6.07 Å². The maximum Gasteiger partial charge on any atom is 0.305 e. The molecule has 0 spiro atoms. The van der Waals surface area contributed by atoms with Crippen LogP contribution in [0.15, 0.2) is 18.2 Å². The molecule has 7 heteroatoms. The number of nitrogens with zero attached hydrogens (tertiary/aromatic N) is 3.